The number of ketones is 1. The summed E-state index contributed by atoms with van der Waals surface area (Å²) in [7, 11) is 0. The van der Waals surface area contributed by atoms with Gasteiger partial charge in [-0.05, 0) is 18.2 Å². The number of carbonyl (C=O) groups excluding carboxylic acids is 2. The molecular formula is C14H15F3N2O2. The topological polar surface area (TPSA) is 49.4 Å². The van der Waals surface area contributed by atoms with Crippen LogP contribution in [-0.2, 0) is 11.0 Å². The molecule has 0 aliphatic carbocycles. The van der Waals surface area contributed by atoms with Gasteiger partial charge < -0.3 is 10.2 Å². The Balaban J connectivity index is 2.05. The summed E-state index contributed by atoms with van der Waals surface area (Å²) in [6.07, 6.45) is -4.18. The van der Waals surface area contributed by atoms with Gasteiger partial charge in [-0.25, -0.2) is 4.79 Å². The predicted molar refractivity (Wildman–Crippen MR) is 70.8 cm³/mol. The van der Waals surface area contributed by atoms with Crippen molar-refractivity contribution < 1.29 is 22.8 Å². The summed E-state index contributed by atoms with van der Waals surface area (Å²) in [6.45, 7) is 2.30. The number of amides is 2. The van der Waals surface area contributed by atoms with Crippen LogP contribution in [-0.4, -0.2) is 29.8 Å². The molecule has 1 heterocycles. The van der Waals surface area contributed by atoms with Crippen LogP contribution in [0.3, 0.4) is 0 Å². The number of urea groups is 1. The molecule has 0 aromatic heterocycles. The Labute approximate surface area is 119 Å². The lowest BCUT2D eigenvalue weighted by Gasteiger charge is -2.30. The molecule has 4 nitrogen and oxygen atoms in total. The smallest absolute Gasteiger partial charge is 0.323 e. The number of Topliss-reactive ketones (excluding diaryl/α,β-unsaturated/α-hetero) is 1. The first-order chi connectivity index (χ1) is 9.77. The highest BCUT2D eigenvalue weighted by atomic mass is 19.4. The van der Waals surface area contributed by atoms with Gasteiger partial charge in [0.25, 0.3) is 0 Å². The summed E-state index contributed by atoms with van der Waals surface area (Å²) in [5, 5.41) is 2.44. The number of anilines is 1. The Morgan fingerprint density at radius 2 is 2.10 bits per heavy atom. The Kier molecular flexibility index (Phi) is 4.20. The molecule has 2 amide bonds. The summed E-state index contributed by atoms with van der Waals surface area (Å²) in [5.74, 6) is -0.149. The molecule has 1 fully saturated rings. The zero-order valence-corrected chi connectivity index (χ0v) is 11.4. The zero-order valence-electron chi connectivity index (χ0n) is 11.4. The van der Waals surface area contributed by atoms with Gasteiger partial charge >= 0.3 is 12.2 Å². The molecule has 1 aromatic carbocycles. The second-order valence-corrected chi connectivity index (χ2v) is 5.07. The van der Waals surface area contributed by atoms with Crippen molar-refractivity contribution in [1.29, 1.82) is 0 Å². The lowest BCUT2D eigenvalue weighted by molar-refractivity contribution is -0.137. The number of hydrogen-bond acceptors (Lipinski definition) is 2. The first kappa shape index (κ1) is 15.3. The Morgan fingerprint density at radius 3 is 2.71 bits per heavy atom. The van der Waals surface area contributed by atoms with E-state index in [2.05, 4.69) is 5.32 Å². The molecule has 1 aliphatic rings. The van der Waals surface area contributed by atoms with E-state index in [4.69, 9.17) is 0 Å². The van der Waals surface area contributed by atoms with Crippen molar-refractivity contribution in [2.75, 3.05) is 18.4 Å². The number of hydrogen-bond donors (Lipinski definition) is 1. The van der Waals surface area contributed by atoms with Gasteiger partial charge in [0, 0.05) is 31.1 Å². The van der Waals surface area contributed by atoms with Gasteiger partial charge in [-0.3, -0.25) is 4.79 Å². The second kappa shape index (κ2) is 5.75. The van der Waals surface area contributed by atoms with Crippen molar-refractivity contribution in [1.82, 2.24) is 4.90 Å². The fourth-order valence-electron chi connectivity index (χ4n) is 2.18. The lowest BCUT2D eigenvalue weighted by atomic mass is 9.99. The molecule has 0 spiro atoms. The normalized spacial score (nSPS) is 19.5. The van der Waals surface area contributed by atoms with Crippen molar-refractivity contribution in [2.45, 2.75) is 19.5 Å². The third kappa shape index (κ3) is 3.74. The zero-order chi connectivity index (χ0) is 15.6. The van der Waals surface area contributed by atoms with E-state index in [0.29, 0.717) is 0 Å². The van der Waals surface area contributed by atoms with E-state index in [1.807, 2.05) is 0 Å². The third-order valence-electron chi connectivity index (χ3n) is 3.40. The highest BCUT2D eigenvalue weighted by molar-refractivity contribution is 5.91. The van der Waals surface area contributed by atoms with Crippen LogP contribution in [0.15, 0.2) is 24.3 Å². The highest BCUT2D eigenvalue weighted by Gasteiger charge is 2.31. The van der Waals surface area contributed by atoms with Crippen molar-refractivity contribution in [2.24, 2.45) is 5.92 Å². The maximum Gasteiger partial charge on any atom is 0.416 e. The van der Waals surface area contributed by atoms with Crippen LogP contribution in [0.1, 0.15) is 18.9 Å². The van der Waals surface area contributed by atoms with Crippen LogP contribution in [0.25, 0.3) is 0 Å². The largest absolute Gasteiger partial charge is 0.416 e. The van der Waals surface area contributed by atoms with Crippen molar-refractivity contribution in [3.05, 3.63) is 29.8 Å². The number of halogens is 3. The molecule has 0 bridgehead atoms. The molecule has 7 heteroatoms. The number of nitrogens with one attached hydrogen (secondary N) is 1. The van der Waals surface area contributed by atoms with E-state index in [1.54, 1.807) is 6.92 Å². The number of rotatable bonds is 1. The first-order valence-corrected chi connectivity index (χ1v) is 6.53. The van der Waals surface area contributed by atoms with Crippen LogP contribution in [0, 0.1) is 5.92 Å². The van der Waals surface area contributed by atoms with Gasteiger partial charge in [0.05, 0.1) is 5.56 Å². The summed E-state index contributed by atoms with van der Waals surface area (Å²) < 4.78 is 37.8. The van der Waals surface area contributed by atoms with Crippen LogP contribution in [0.5, 0.6) is 0 Å². The molecule has 1 aliphatic heterocycles. The minimum atomic E-state index is -4.45. The van der Waals surface area contributed by atoms with Gasteiger partial charge in [0.2, 0.25) is 0 Å². The molecule has 0 saturated carbocycles. The molecule has 2 rings (SSSR count). The van der Waals surface area contributed by atoms with Gasteiger partial charge in [-0.2, -0.15) is 13.2 Å². The number of likely N-dealkylation sites (tertiary alicyclic amines) is 1. The van der Waals surface area contributed by atoms with Crippen molar-refractivity contribution in [3.63, 3.8) is 0 Å². The standard InChI is InChI=1S/C14H15F3N2O2/c1-9-8-19(6-5-12(9)20)13(21)18-11-4-2-3-10(7-11)14(15,16)17/h2-4,7,9H,5-6,8H2,1H3,(H,18,21). The molecule has 1 unspecified atom stereocenters. The summed E-state index contributed by atoms with van der Waals surface area (Å²) in [5.41, 5.74) is -0.734. The maximum atomic E-state index is 12.6. The van der Waals surface area contributed by atoms with Crippen LogP contribution in [0.4, 0.5) is 23.7 Å². The number of benzene rings is 1. The van der Waals surface area contributed by atoms with E-state index < -0.39 is 17.8 Å². The molecular weight excluding hydrogens is 285 g/mol. The third-order valence-corrected chi connectivity index (χ3v) is 3.40. The van der Waals surface area contributed by atoms with Gasteiger partial charge in [0.15, 0.2) is 0 Å². The Bertz CT molecular complexity index is 557. The van der Waals surface area contributed by atoms with E-state index in [9.17, 15) is 22.8 Å². The van der Waals surface area contributed by atoms with Gasteiger partial charge in [0.1, 0.15) is 5.78 Å². The summed E-state index contributed by atoms with van der Waals surface area (Å²) >= 11 is 0. The minimum Gasteiger partial charge on any atom is -0.323 e. The molecule has 1 N–H and O–H groups in total. The monoisotopic (exact) mass is 300 g/mol. The lowest BCUT2D eigenvalue weighted by Crippen LogP contribution is -2.45. The fourth-order valence-corrected chi connectivity index (χ4v) is 2.18. The van der Waals surface area contributed by atoms with E-state index in [0.717, 1.165) is 12.1 Å². The summed E-state index contributed by atoms with van der Waals surface area (Å²) in [4.78, 5) is 24.8. The maximum absolute atomic E-state index is 12.6. The SMILES string of the molecule is CC1CN(C(=O)Nc2cccc(C(F)(F)F)c2)CCC1=O. The average Bonchev–Trinajstić information content (AvgIpc) is 2.41. The average molecular weight is 300 g/mol. The second-order valence-electron chi connectivity index (χ2n) is 5.07. The molecule has 1 aromatic rings. The molecule has 0 radical (unpaired) electrons. The van der Waals surface area contributed by atoms with E-state index in [1.165, 1.54) is 17.0 Å². The quantitative estimate of drug-likeness (QED) is 0.866. The Morgan fingerprint density at radius 1 is 1.38 bits per heavy atom. The number of nitrogens with zero attached hydrogens (tertiary/aromatic N) is 1. The van der Waals surface area contributed by atoms with Crippen LogP contribution >= 0.6 is 0 Å². The number of piperidine rings is 1. The van der Waals surface area contributed by atoms with Crippen LogP contribution in [0.2, 0.25) is 0 Å². The van der Waals surface area contributed by atoms with Crippen molar-refractivity contribution in [3.8, 4) is 0 Å². The summed E-state index contributed by atoms with van der Waals surface area (Å²) in [6, 6.07) is 3.97. The minimum absolute atomic E-state index is 0.0828. The first-order valence-electron chi connectivity index (χ1n) is 6.53. The number of alkyl halides is 3. The fraction of sp³-hybridized carbons (Fsp3) is 0.429. The van der Waals surface area contributed by atoms with E-state index in [-0.39, 0.29) is 36.9 Å². The highest BCUT2D eigenvalue weighted by Crippen LogP contribution is 2.30. The molecule has 21 heavy (non-hydrogen) atoms. The van der Waals surface area contributed by atoms with E-state index >= 15 is 0 Å². The van der Waals surface area contributed by atoms with Crippen molar-refractivity contribution >= 4 is 17.5 Å². The van der Waals surface area contributed by atoms with Gasteiger partial charge in [-0.15, -0.1) is 0 Å². The van der Waals surface area contributed by atoms with Crippen LogP contribution < -0.4 is 5.32 Å². The Hall–Kier alpha value is -2.05. The molecule has 1 atom stereocenters. The molecule has 114 valence electrons. The van der Waals surface area contributed by atoms with Gasteiger partial charge in [-0.1, -0.05) is 13.0 Å². The molecule has 1 saturated heterocycles. The number of carbonyl (C=O) groups is 2. The predicted octanol–water partition coefficient (Wildman–Crippen LogP) is 3.15.